The van der Waals surface area contributed by atoms with E-state index in [1.54, 1.807) is 13.0 Å². The molecular weight excluding hydrogens is 264 g/mol. The van der Waals surface area contributed by atoms with Crippen LogP contribution in [0.15, 0.2) is 23.3 Å². The van der Waals surface area contributed by atoms with E-state index in [1.807, 2.05) is 13.0 Å². The van der Waals surface area contributed by atoms with Gasteiger partial charge in [-0.1, -0.05) is 11.6 Å². The first-order chi connectivity index (χ1) is 9.93. The van der Waals surface area contributed by atoms with Crippen molar-refractivity contribution in [2.24, 2.45) is 0 Å². The summed E-state index contributed by atoms with van der Waals surface area (Å²) in [6.45, 7) is 7.88. The van der Waals surface area contributed by atoms with Gasteiger partial charge in [0.25, 0.3) is 0 Å². The summed E-state index contributed by atoms with van der Waals surface area (Å²) in [5.74, 6) is 0.553. The number of aromatic hydroxyl groups is 1. The molecule has 21 heavy (non-hydrogen) atoms. The van der Waals surface area contributed by atoms with E-state index in [2.05, 4.69) is 19.9 Å². The third kappa shape index (κ3) is 3.18. The van der Waals surface area contributed by atoms with Crippen LogP contribution in [0.25, 0.3) is 6.08 Å². The lowest BCUT2D eigenvalue weighted by Crippen LogP contribution is -2.19. The van der Waals surface area contributed by atoms with Crippen LogP contribution in [0.2, 0.25) is 0 Å². The molecule has 1 aromatic rings. The van der Waals surface area contributed by atoms with E-state index < -0.39 is 0 Å². The van der Waals surface area contributed by atoms with E-state index in [1.165, 1.54) is 11.1 Å². The number of benzene rings is 1. The summed E-state index contributed by atoms with van der Waals surface area (Å²) < 4.78 is 5.86. The summed E-state index contributed by atoms with van der Waals surface area (Å²) in [5.41, 5.74) is 4.34. The molecule has 0 saturated carbocycles. The minimum absolute atomic E-state index is 0.0598. The third-order valence-electron chi connectivity index (χ3n) is 3.85. The molecule has 1 heterocycles. The van der Waals surface area contributed by atoms with Crippen molar-refractivity contribution >= 4 is 12.4 Å². The monoisotopic (exact) mass is 286 g/mol. The van der Waals surface area contributed by atoms with Crippen molar-refractivity contribution in [3.63, 3.8) is 0 Å². The molecule has 0 spiro atoms. The van der Waals surface area contributed by atoms with E-state index in [-0.39, 0.29) is 11.9 Å². The van der Waals surface area contributed by atoms with Gasteiger partial charge in [0.2, 0.25) is 0 Å². The van der Waals surface area contributed by atoms with Crippen LogP contribution in [0.4, 0.5) is 0 Å². The van der Waals surface area contributed by atoms with Crippen LogP contribution in [0, 0.1) is 6.92 Å². The Morgan fingerprint density at radius 3 is 2.76 bits per heavy atom. The van der Waals surface area contributed by atoms with Gasteiger partial charge < -0.3 is 9.84 Å². The molecule has 2 rings (SSSR count). The van der Waals surface area contributed by atoms with Crippen LogP contribution in [-0.2, 0) is 0 Å². The summed E-state index contributed by atoms with van der Waals surface area (Å²) in [4.78, 5) is 11.1. The largest absolute Gasteiger partial charge is 0.504 e. The van der Waals surface area contributed by atoms with Crippen molar-refractivity contribution in [2.75, 3.05) is 0 Å². The number of carbonyl (C=O) groups is 1. The quantitative estimate of drug-likeness (QED) is 0.658. The number of aldehydes is 1. The van der Waals surface area contributed by atoms with Crippen LogP contribution in [-0.4, -0.2) is 17.5 Å². The maximum atomic E-state index is 11.1. The van der Waals surface area contributed by atoms with Crippen LogP contribution in [0.3, 0.4) is 0 Å². The van der Waals surface area contributed by atoms with E-state index >= 15 is 0 Å². The highest BCUT2D eigenvalue weighted by Gasteiger charge is 2.23. The molecule has 1 atom stereocenters. The van der Waals surface area contributed by atoms with Gasteiger partial charge >= 0.3 is 0 Å². The van der Waals surface area contributed by atoms with Crippen LogP contribution in [0.1, 0.15) is 55.1 Å². The number of allylic oxidation sites excluding steroid dienone is 2. The Hall–Kier alpha value is -2.03. The molecule has 0 fully saturated rings. The van der Waals surface area contributed by atoms with Gasteiger partial charge in [0.05, 0.1) is 0 Å². The summed E-state index contributed by atoms with van der Waals surface area (Å²) in [6.07, 6.45) is 6.83. The number of phenolic OH excluding ortho intramolecular Hbond substituents is 1. The van der Waals surface area contributed by atoms with Crippen molar-refractivity contribution < 1.29 is 14.6 Å². The van der Waals surface area contributed by atoms with E-state index in [4.69, 9.17) is 4.74 Å². The Balaban J connectivity index is 2.36. The van der Waals surface area contributed by atoms with Gasteiger partial charge in [-0.15, -0.1) is 0 Å². The van der Waals surface area contributed by atoms with Gasteiger partial charge in [-0.2, -0.15) is 0 Å². The van der Waals surface area contributed by atoms with Gasteiger partial charge in [-0.05, 0) is 58.3 Å². The number of hydrogen-bond donors (Lipinski definition) is 1. The zero-order chi connectivity index (χ0) is 15.6. The summed E-state index contributed by atoms with van der Waals surface area (Å²) in [6, 6.07) is 1.78. The molecule has 0 aliphatic carbocycles. The van der Waals surface area contributed by atoms with Crippen LogP contribution >= 0.6 is 0 Å². The second-order valence-electron chi connectivity index (χ2n) is 5.78. The molecule has 1 N–H and O–H groups in total. The standard InChI is InChI=1S/C18H22O3/c1-11(2)6-5-7-14-8-15-9-16(10-19)12(3)17(20)18(15)21-13(14)4/h6,8-10,13,20H,5,7H2,1-4H3/t13-/m0/s1. The van der Waals surface area contributed by atoms with Crippen molar-refractivity contribution in [1.29, 1.82) is 0 Å². The molecule has 0 bridgehead atoms. The summed E-state index contributed by atoms with van der Waals surface area (Å²) >= 11 is 0. The van der Waals surface area contributed by atoms with Crippen molar-refractivity contribution in [3.8, 4) is 11.5 Å². The SMILES string of the molecule is CC(C)=CCCC1=Cc2cc(C=O)c(C)c(O)c2O[C@H]1C. The smallest absolute Gasteiger partial charge is 0.169 e. The van der Waals surface area contributed by atoms with Gasteiger partial charge in [0, 0.05) is 16.7 Å². The average molecular weight is 286 g/mol. The van der Waals surface area contributed by atoms with Gasteiger partial charge in [0.1, 0.15) is 12.4 Å². The molecule has 0 aromatic heterocycles. The lowest BCUT2D eigenvalue weighted by molar-refractivity contribution is 0.112. The Labute approximate surface area is 125 Å². The molecule has 1 aromatic carbocycles. The maximum Gasteiger partial charge on any atom is 0.169 e. The molecule has 3 heteroatoms. The van der Waals surface area contributed by atoms with Crippen molar-refractivity contribution in [2.45, 2.75) is 46.6 Å². The topological polar surface area (TPSA) is 46.5 Å². The molecule has 3 nitrogen and oxygen atoms in total. The third-order valence-corrected chi connectivity index (χ3v) is 3.85. The molecule has 1 aliphatic rings. The fourth-order valence-electron chi connectivity index (χ4n) is 2.51. The lowest BCUT2D eigenvalue weighted by Gasteiger charge is -2.26. The average Bonchev–Trinajstić information content (AvgIpc) is 2.44. The first-order valence-corrected chi connectivity index (χ1v) is 7.26. The second-order valence-corrected chi connectivity index (χ2v) is 5.78. The minimum Gasteiger partial charge on any atom is -0.504 e. The molecule has 1 aliphatic heterocycles. The Morgan fingerprint density at radius 1 is 1.43 bits per heavy atom. The fraction of sp³-hybridized carbons (Fsp3) is 0.389. The maximum absolute atomic E-state index is 11.1. The Morgan fingerprint density at radius 2 is 2.14 bits per heavy atom. The predicted octanol–water partition coefficient (Wildman–Crippen LogP) is 4.42. The number of carbonyl (C=O) groups excluding carboxylic acids is 1. The van der Waals surface area contributed by atoms with Gasteiger partial charge in [-0.3, -0.25) is 4.79 Å². The van der Waals surface area contributed by atoms with E-state index in [0.717, 1.165) is 24.7 Å². The Bertz CT molecular complexity index is 620. The number of rotatable bonds is 4. The van der Waals surface area contributed by atoms with Crippen LogP contribution in [0.5, 0.6) is 11.5 Å². The molecule has 0 radical (unpaired) electrons. The van der Waals surface area contributed by atoms with E-state index in [0.29, 0.717) is 16.9 Å². The minimum atomic E-state index is -0.0598. The van der Waals surface area contributed by atoms with Crippen molar-refractivity contribution in [3.05, 3.63) is 40.0 Å². The summed E-state index contributed by atoms with van der Waals surface area (Å²) in [7, 11) is 0. The molecule has 0 amide bonds. The van der Waals surface area contributed by atoms with Crippen molar-refractivity contribution in [1.82, 2.24) is 0 Å². The highest BCUT2D eigenvalue weighted by molar-refractivity contribution is 5.83. The highest BCUT2D eigenvalue weighted by Crippen LogP contribution is 2.41. The number of fused-ring (bicyclic) bond motifs is 1. The highest BCUT2D eigenvalue weighted by atomic mass is 16.5. The van der Waals surface area contributed by atoms with Gasteiger partial charge in [0.15, 0.2) is 11.5 Å². The number of ether oxygens (including phenoxy) is 1. The molecule has 112 valence electrons. The van der Waals surface area contributed by atoms with Gasteiger partial charge in [-0.25, -0.2) is 0 Å². The van der Waals surface area contributed by atoms with E-state index in [9.17, 15) is 9.90 Å². The van der Waals surface area contributed by atoms with Crippen LogP contribution < -0.4 is 4.74 Å². The zero-order valence-corrected chi connectivity index (χ0v) is 13.1. The first-order valence-electron chi connectivity index (χ1n) is 7.26. The fourth-order valence-corrected chi connectivity index (χ4v) is 2.51. The summed E-state index contributed by atoms with van der Waals surface area (Å²) in [5, 5.41) is 10.2. The molecular formula is C18H22O3. The molecule has 0 saturated heterocycles. The number of hydrogen-bond acceptors (Lipinski definition) is 3. The predicted molar refractivity (Wildman–Crippen MR) is 85.0 cm³/mol. The zero-order valence-electron chi connectivity index (χ0n) is 13.1. The normalized spacial score (nSPS) is 16.6. The Kier molecular flexibility index (Phi) is 4.51. The number of phenols is 1. The molecule has 0 unspecified atom stereocenters. The first kappa shape index (κ1) is 15.4. The lowest BCUT2D eigenvalue weighted by atomic mass is 9.95. The second kappa shape index (κ2) is 6.17.